The largest absolute Gasteiger partial charge is 0.365 e. The van der Waals surface area contributed by atoms with Crippen LogP contribution < -0.4 is 10.5 Å². The third-order valence-electron chi connectivity index (χ3n) is 6.15. The predicted molar refractivity (Wildman–Crippen MR) is 118 cm³/mol. The fraction of sp³-hybridized carbons (Fsp3) is 0.429. The molecule has 3 N–H and O–H groups in total. The monoisotopic (exact) mass is 446 g/mol. The molecular weight excluding hydrogens is 420 g/mol. The van der Waals surface area contributed by atoms with Crippen LogP contribution in [0.5, 0.6) is 0 Å². The molecular formula is C21H26N4O3S2. The highest BCUT2D eigenvalue weighted by atomic mass is 32.2. The molecule has 0 aliphatic heterocycles. The summed E-state index contributed by atoms with van der Waals surface area (Å²) in [5.41, 5.74) is 7.36. The predicted octanol–water partition coefficient (Wildman–Crippen LogP) is 3.29. The number of nitrogens with two attached hydrogens (primary N) is 1. The summed E-state index contributed by atoms with van der Waals surface area (Å²) in [6.45, 7) is 2.16. The lowest BCUT2D eigenvalue weighted by Gasteiger charge is -2.29. The van der Waals surface area contributed by atoms with Gasteiger partial charge in [-0.15, -0.1) is 11.3 Å². The van der Waals surface area contributed by atoms with Gasteiger partial charge in [0.25, 0.3) is 5.91 Å². The number of carbonyl (C=O) groups is 1. The quantitative estimate of drug-likeness (QED) is 0.606. The number of primary amides is 1. The van der Waals surface area contributed by atoms with Gasteiger partial charge >= 0.3 is 0 Å². The van der Waals surface area contributed by atoms with Crippen LogP contribution in [-0.4, -0.2) is 30.7 Å². The first-order valence-electron chi connectivity index (χ1n) is 10.1. The number of aryl methyl sites for hydroxylation is 1. The van der Waals surface area contributed by atoms with Gasteiger partial charge in [-0.2, -0.15) is 5.10 Å². The van der Waals surface area contributed by atoms with Gasteiger partial charge in [0, 0.05) is 18.3 Å². The molecule has 4 rings (SSSR count). The zero-order valence-electron chi connectivity index (χ0n) is 17.1. The zero-order chi connectivity index (χ0) is 21.5. The Labute approximate surface area is 180 Å². The van der Waals surface area contributed by atoms with E-state index in [0.717, 1.165) is 41.3 Å². The molecule has 0 atom stereocenters. The number of fused-ring (bicyclic) bond motifs is 1. The number of carbonyl (C=O) groups excluding carboxylic acids is 1. The van der Waals surface area contributed by atoms with Crippen LogP contribution in [0, 0.1) is 12.8 Å². The van der Waals surface area contributed by atoms with Crippen molar-refractivity contribution in [3.8, 4) is 0 Å². The van der Waals surface area contributed by atoms with Crippen molar-refractivity contribution >= 4 is 37.4 Å². The van der Waals surface area contributed by atoms with E-state index in [2.05, 4.69) is 15.9 Å². The molecule has 1 amide bonds. The minimum absolute atomic E-state index is 0.231. The van der Waals surface area contributed by atoms with E-state index in [4.69, 9.17) is 5.73 Å². The first-order chi connectivity index (χ1) is 14.3. The molecule has 2 heterocycles. The fourth-order valence-corrected chi connectivity index (χ4v) is 6.82. The summed E-state index contributed by atoms with van der Waals surface area (Å²) < 4.78 is 30.6. The molecule has 2 aromatic heterocycles. The van der Waals surface area contributed by atoms with Crippen molar-refractivity contribution in [1.82, 2.24) is 14.5 Å². The number of rotatable bonds is 6. The molecule has 0 spiro atoms. The van der Waals surface area contributed by atoms with Crippen molar-refractivity contribution < 1.29 is 13.2 Å². The number of thiophene rings is 1. The standard InChI is InChI=1S/C21H26N4O3S2/c1-13-18(12-23-25(13)2)30(27,28)24-11-14-7-9-15(10-8-14)19-16-5-3-4-6-17(16)29-20(19)21(22)26/h3-6,12,14-15,24H,7-11H2,1-2H3,(H2,22,26). The molecule has 1 aliphatic carbocycles. The summed E-state index contributed by atoms with van der Waals surface area (Å²) in [6.07, 6.45) is 5.03. The lowest BCUT2D eigenvalue weighted by Crippen LogP contribution is -2.31. The number of benzene rings is 1. The van der Waals surface area contributed by atoms with E-state index in [-0.39, 0.29) is 22.6 Å². The maximum Gasteiger partial charge on any atom is 0.259 e. The Morgan fingerprint density at radius 1 is 1.27 bits per heavy atom. The van der Waals surface area contributed by atoms with Crippen LogP contribution in [0.15, 0.2) is 35.4 Å². The minimum atomic E-state index is -3.57. The maximum absolute atomic E-state index is 12.6. The second kappa shape index (κ2) is 8.13. The van der Waals surface area contributed by atoms with Gasteiger partial charge in [0.05, 0.1) is 16.8 Å². The average molecular weight is 447 g/mol. The molecule has 0 unspecified atom stereocenters. The molecule has 0 radical (unpaired) electrons. The number of amides is 1. The van der Waals surface area contributed by atoms with Gasteiger partial charge in [-0.05, 0) is 61.5 Å². The molecule has 9 heteroatoms. The Hall–Kier alpha value is -2.23. The van der Waals surface area contributed by atoms with Crippen LogP contribution in [0.4, 0.5) is 0 Å². The van der Waals surface area contributed by atoms with E-state index in [9.17, 15) is 13.2 Å². The number of hydrogen-bond donors (Lipinski definition) is 2. The van der Waals surface area contributed by atoms with E-state index in [1.165, 1.54) is 17.5 Å². The van der Waals surface area contributed by atoms with E-state index in [1.54, 1.807) is 18.7 Å². The van der Waals surface area contributed by atoms with Crippen molar-refractivity contribution in [3.05, 3.63) is 46.6 Å². The SMILES string of the molecule is Cc1c(S(=O)(=O)NCC2CCC(c3c(C(N)=O)sc4ccccc34)CC2)cnn1C. The van der Waals surface area contributed by atoms with E-state index >= 15 is 0 Å². The van der Waals surface area contributed by atoms with E-state index < -0.39 is 10.0 Å². The summed E-state index contributed by atoms with van der Waals surface area (Å²) in [7, 11) is -1.84. The normalized spacial score (nSPS) is 19.9. The second-order valence-electron chi connectivity index (χ2n) is 7.99. The fourth-order valence-electron chi connectivity index (χ4n) is 4.36. The first-order valence-corrected chi connectivity index (χ1v) is 12.4. The smallest absolute Gasteiger partial charge is 0.259 e. The van der Waals surface area contributed by atoms with Gasteiger partial charge in [-0.25, -0.2) is 13.1 Å². The zero-order valence-corrected chi connectivity index (χ0v) is 18.7. The number of sulfonamides is 1. The van der Waals surface area contributed by atoms with Crippen molar-refractivity contribution in [2.45, 2.75) is 43.4 Å². The van der Waals surface area contributed by atoms with Crippen LogP contribution in [-0.2, 0) is 17.1 Å². The number of aromatic nitrogens is 2. The number of nitrogens with one attached hydrogen (secondary N) is 1. The lowest BCUT2D eigenvalue weighted by molar-refractivity contribution is 0.100. The Morgan fingerprint density at radius 2 is 1.97 bits per heavy atom. The Morgan fingerprint density at radius 3 is 2.60 bits per heavy atom. The second-order valence-corrected chi connectivity index (χ2v) is 10.8. The highest BCUT2D eigenvalue weighted by Gasteiger charge is 2.29. The van der Waals surface area contributed by atoms with Crippen LogP contribution in [0.25, 0.3) is 10.1 Å². The van der Waals surface area contributed by atoms with Gasteiger partial charge in [0.1, 0.15) is 4.90 Å². The Balaban J connectivity index is 1.44. The minimum Gasteiger partial charge on any atom is -0.365 e. The van der Waals surface area contributed by atoms with Crippen molar-refractivity contribution in [3.63, 3.8) is 0 Å². The molecule has 1 saturated carbocycles. The van der Waals surface area contributed by atoms with Gasteiger partial charge in [0.15, 0.2) is 0 Å². The number of nitrogens with zero attached hydrogens (tertiary/aromatic N) is 2. The molecule has 1 fully saturated rings. The molecule has 1 aliphatic rings. The molecule has 7 nitrogen and oxygen atoms in total. The van der Waals surface area contributed by atoms with E-state index in [0.29, 0.717) is 17.1 Å². The summed E-state index contributed by atoms with van der Waals surface area (Å²) in [4.78, 5) is 12.9. The highest BCUT2D eigenvalue weighted by Crippen LogP contribution is 2.43. The molecule has 3 aromatic rings. The van der Waals surface area contributed by atoms with Crippen LogP contribution >= 0.6 is 11.3 Å². The third kappa shape index (κ3) is 3.89. The van der Waals surface area contributed by atoms with Crippen LogP contribution in [0.3, 0.4) is 0 Å². The van der Waals surface area contributed by atoms with Gasteiger partial charge in [-0.1, -0.05) is 18.2 Å². The third-order valence-corrected chi connectivity index (χ3v) is 8.88. The molecule has 0 saturated heterocycles. The molecule has 160 valence electrons. The first kappa shape index (κ1) is 21.0. The van der Waals surface area contributed by atoms with Gasteiger partial charge < -0.3 is 5.73 Å². The van der Waals surface area contributed by atoms with Crippen molar-refractivity contribution in [2.24, 2.45) is 18.7 Å². The topological polar surface area (TPSA) is 107 Å². The summed E-state index contributed by atoms with van der Waals surface area (Å²) in [5.74, 6) is 0.180. The summed E-state index contributed by atoms with van der Waals surface area (Å²) in [6, 6.07) is 8.05. The molecule has 0 bridgehead atoms. The number of hydrogen-bond acceptors (Lipinski definition) is 5. The van der Waals surface area contributed by atoms with Crippen molar-refractivity contribution in [1.29, 1.82) is 0 Å². The van der Waals surface area contributed by atoms with Crippen LogP contribution in [0.1, 0.15) is 52.5 Å². The van der Waals surface area contributed by atoms with Gasteiger partial charge in [-0.3, -0.25) is 9.48 Å². The lowest BCUT2D eigenvalue weighted by atomic mass is 9.78. The van der Waals surface area contributed by atoms with Crippen LogP contribution in [0.2, 0.25) is 0 Å². The maximum atomic E-state index is 12.6. The van der Waals surface area contributed by atoms with E-state index in [1.807, 2.05) is 18.2 Å². The van der Waals surface area contributed by atoms with Crippen molar-refractivity contribution in [2.75, 3.05) is 6.54 Å². The Bertz CT molecular complexity index is 1190. The summed E-state index contributed by atoms with van der Waals surface area (Å²) >= 11 is 1.47. The molecule has 30 heavy (non-hydrogen) atoms. The Kier molecular flexibility index (Phi) is 5.69. The average Bonchev–Trinajstić information content (AvgIpc) is 3.28. The molecule has 1 aromatic carbocycles. The van der Waals surface area contributed by atoms with Gasteiger partial charge in [0.2, 0.25) is 10.0 Å². The summed E-state index contributed by atoms with van der Waals surface area (Å²) in [5, 5.41) is 5.14. The highest BCUT2D eigenvalue weighted by molar-refractivity contribution is 7.89.